The standard InChI is InChI=1S/C12H18/c1-5-8-10-11(4)12(7-3)9-6-2/h5-10H,1-4H3/b8-5-,9-6-,11-10+,12-7+. The molecule has 0 aromatic heterocycles. The average molecular weight is 162 g/mol. The van der Waals surface area contributed by atoms with Gasteiger partial charge in [0.2, 0.25) is 0 Å². The number of rotatable bonds is 3. The lowest BCUT2D eigenvalue weighted by atomic mass is 10.1. The summed E-state index contributed by atoms with van der Waals surface area (Å²) in [4.78, 5) is 0. The predicted molar refractivity (Wildman–Crippen MR) is 57.1 cm³/mol. The summed E-state index contributed by atoms with van der Waals surface area (Å²) in [7, 11) is 0. The van der Waals surface area contributed by atoms with E-state index in [4.69, 9.17) is 0 Å². The second-order valence-corrected chi connectivity index (χ2v) is 2.62. The molecule has 0 aliphatic carbocycles. The Balaban J connectivity index is 4.53. The lowest BCUT2D eigenvalue weighted by Gasteiger charge is -1.99. The van der Waals surface area contributed by atoms with Crippen LogP contribution in [0.3, 0.4) is 0 Å². The molecule has 12 heavy (non-hydrogen) atoms. The van der Waals surface area contributed by atoms with E-state index >= 15 is 0 Å². The molecule has 0 saturated carbocycles. The minimum Gasteiger partial charge on any atom is -0.0877 e. The van der Waals surface area contributed by atoms with Gasteiger partial charge in [0.1, 0.15) is 0 Å². The largest absolute Gasteiger partial charge is 0.0877 e. The van der Waals surface area contributed by atoms with E-state index in [1.165, 1.54) is 11.1 Å². The zero-order valence-corrected chi connectivity index (χ0v) is 8.46. The van der Waals surface area contributed by atoms with Gasteiger partial charge in [-0.3, -0.25) is 0 Å². The van der Waals surface area contributed by atoms with Crippen LogP contribution >= 0.6 is 0 Å². The van der Waals surface area contributed by atoms with Gasteiger partial charge in [-0.1, -0.05) is 36.5 Å². The van der Waals surface area contributed by atoms with Crippen LogP contribution in [0.15, 0.2) is 47.6 Å². The van der Waals surface area contributed by atoms with Gasteiger partial charge in [-0.25, -0.2) is 0 Å². The van der Waals surface area contributed by atoms with Crippen LogP contribution in [0.1, 0.15) is 27.7 Å². The molecule has 0 heterocycles. The second-order valence-electron chi connectivity index (χ2n) is 2.62. The first kappa shape index (κ1) is 11.0. The quantitative estimate of drug-likeness (QED) is 0.549. The van der Waals surface area contributed by atoms with E-state index < -0.39 is 0 Å². The van der Waals surface area contributed by atoms with Crippen LogP contribution in [0, 0.1) is 0 Å². The van der Waals surface area contributed by atoms with Gasteiger partial charge >= 0.3 is 0 Å². The number of hydrogen-bond donors (Lipinski definition) is 0. The van der Waals surface area contributed by atoms with Crippen LogP contribution in [0.5, 0.6) is 0 Å². The molecule has 0 spiro atoms. The number of hydrogen-bond acceptors (Lipinski definition) is 0. The molecule has 0 aromatic carbocycles. The molecule has 66 valence electrons. The maximum absolute atomic E-state index is 2.12. The normalized spacial score (nSPS) is 15.0. The molecule has 0 atom stereocenters. The van der Waals surface area contributed by atoms with Gasteiger partial charge in [0.25, 0.3) is 0 Å². The lowest BCUT2D eigenvalue weighted by molar-refractivity contribution is 1.40. The van der Waals surface area contributed by atoms with Crippen LogP contribution in [-0.2, 0) is 0 Å². The molecule has 0 saturated heterocycles. The first-order valence-corrected chi connectivity index (χ1v) is 4.35. The molecule has 0 amide bonds. The van der Waals surface area contributed by atoms with E-state index in [9.17, 15) is 0 Å². The second kappa shape index (κ2) is 6.66. The molecule has 0 fully saturated rings. The van der Waals surface area contributed by atoms with Crippen molar-refractivity contribution in [3.05, 3.63) is 47.6 Å². The van der Waals surface area contributed by atoms with Crippen LogP contribution in [0.2, 0.25) is 0 Å². The highest BCUT2D eigenvalue weighted by atomic mass is 14.0. The molecular weight excluding hydrogens is 144 g/mol. The first-order chi connectivity index (χ1) is 5.76. The van der Waals surface area contributed by atoms with Crippen LogP contribution in [0.4, 0.5) is 0 Å². The third kappa shape index (κ3) is 3.97. The van der Waals surface area contributed by atoms with E-state index in [1.807, 2.05) is 19.9 Å². The van der Waals surface area contributed by atoms with Gasteiger partial charge in [0.15, 0.2) is 0 Å². The Morgan fingerprint density at radius 1 is 1.00 bits per heavy atom. The van der Waals surface area contributed by atoms with Crippen LogP contribution < -0.4 is 0 Å². The monoisotopic (exact) mass is 162 g/mol. The van der Waals surface area contributed by atoms with Crippen molar-refractivity contribution in [1.29, 1.82) is 0 Å². The summed E-state index contributed by atoms with van der Waals surface area (Å²) in [5.41, 5.74) is 2.59. The maximum atomic E-state index is 2.12. The van der Waals surface area contributed by atoms with E-state index in [0.717, 1.165) is 0 Å². The van der Waals surface area contributed by atoms with E-state index in [-0.39, 0.29) is 0 Å². The Morgan fingerprint density at radius 2 is 1.67 bits per heavy atom. The zero-order valence-electron chi connectivity index (χ0n) is 8.46. The molecule has 0 aliphatic rings. The third-order valence-electron chi connectivity index (χ3n) is 1.65. The SMILES string of the molecule is C\C=C/C=C(C)/C(/C=C\C)=C/C. The van der Waals surface area contributed by atoms with Crippen molar-refractivity contribution < 1.29 is 0 Å². The molecule has 0 nitrogen and oxygen atoms in total. The highest BCUT2D eigenvalue weighted by molar-refractivity contribution is 5.39. The van der Waals surface area contributed by atoms with E-state index in [0.29, 0.717) is 0 Å². The Morgan fingerprint density at radius 3 is 2.08 bits per heavy atom. The molecule has 0 unspecified atom stereocenters. The van der Waals surface area contributed by atoms with Crippen molar-refractivity contribution in [3.63, 3.8) is 0 Å². The Labute approximate surface area is 76.0 Å². The van der Waals surface area contributed by atoms with E-state index in [1.54, 1.807) is 0 Å². The first-order valence-electron chi connectivity index (χ1n) is 4.35. The molecular formula is C12H18. The summed E-state index contributed by atoms with van der Waals surface area (Å²) >= 11 is 0. The number of allylic oxidation sites excluding steroid dienone is 8. The van der Waals surface area contributed by atoms with Gasteiger partial charge in [0.05, 0.1) is 0 Å². The molecule has 0 N–H and O–H groups in total. The Hall–Kier alpha value is -1.04. The van der Waals surface area contributed by atoms with Gasteiger partial charge in [-0.05, 0) is 38.8 Å². The molecule has 0 rings (SSSR count). The van der Waals surface area contributed by atoms with Crippen molar-refractivity contribution in [1.82, 2.24) is 0 Å². The summed E-state index contributed by atoms with van der Waals surface area (Å²) in [5.74, 6) is 0. The summed E-state index contributed by atoms with van der Waals surface area (Å²) in [6.45, 7) is 8.24. The summed E-state index contributed by atoms with van der Waals surface area (Å²) < 4.78 is 0. The van der Waals surface area contributed by atoms with Gasteiger partial charge < -0.3 is 0 Å². The fourth-order valence-corrected chi connectivity index (χ4v) is 0.972. The van der Waals surface area contributed by atoms with Crippen molar-refractivity contribution in [2.24, 2.45) is 0 Å². The summed E-state index contributed by atoms with van der Waals surface area (Å²) in [6.07, 6.45) is 12.5. The molecule has 0 heteroatoms. The zero-order chi connectivity index (χ0) is 9.40. The fraction of sp³-hybridized carbons (Fsp3) is 0.333. The van der Waals surface area contributed by atoms with Crippen molar-refractivity contribution in [2.75, 3.05) is 0 Å². The maximum Gasteiger partial charge on any atom is -0.0273 e. The van der Waals surface area contributed by atoms with Crippen LogP contribution in [-0.4, -0.2) is 0 Å². The molecule has 0 radical (unpaired) electrons. The molecule has 0 aromatic rings. The molecule has 0 bridgehead atoms. The van der Waals surface area contributed by atoms with Crippen molar-refractivity contribution >= 4 is 0 Å². The predicted octanol–water partition coefficient (Wildman–Crippen LogP) is 4.03. The minimum atomic E-state index is 1.29. The van der Waals surface area contributed by atoms with E-state index in [2.05, 4.69) is 44.2 Å². The Kier molecular flexibility index (Phi) is 6.08. The summed E-state index contributed by atoms with van der Waals surface area (Å²) in [5, 5.41) is 0. The van der Waals surface area contributed by atoms with Gasteiger partial charge in [-0.15, -0.1) is 0 Å². The third-order valence-corrected chi connectivity index (χ3v) is 1.65. The lowest BCUT2D eigenvalue weighted by Crippen LogP contribution is -1.78. The highest BCUT2D eigenvalue weighted by Crippen LogP contribution is 2.10. The smallest absolute Gasteiger partial charge is 0.0273 e. The van der Waals surface area contributed by atoms with Gasteiger partial charge in [0, 0.05) is 0 Å². The minimum absolute atomic E-state index is 1.29. The summed E-state index contributed by atoms with van der Waals surface area (Å²) in [6, 6.07) is 0. The van der Waals surface area contributed by atoms with Crippen molar-refractivity contribution in [2.45, 2.75) is 27.7 Å². The topological polar surface area (TPSA) is 0 Å². The molecule has 0 aliphatic heterocycles. The fourth-order valence-electron chi connectivity index (χ4n) is 0.972. The average Bonchev–Trinajstić information content (AvgIpc) is 2.10. The van der Waals surface area contributed by atoms with Crippen LogP contribution in [0.25, 0.3) is 0 Å². The van der Waals surface area contributed by atoms with Gasteiger partial charge in [-0.2, -0.15) is 0 Å². The highest BCUT2D eigenvalue weighted by Gasteiger charge is 1.90. The van der Waals surface area contributed by atoms with Crippen molar-refractivity contribution in [3.8, 4) is 0 Å². The Bertz CT molecular complexity index is 224.